The number of carbonyl (C=O) groups is 3. The standard InChI is InChI=1S/C22H26N2O3S/c1-10(2)15-12-8-9-13(15)17-16(12)20(26)24(21(17)27)22-18(19(23)25)11-6-4-3-5-7-14(11)28-22/h12-13,16-17H,3-9H2,1-2H3,(H2,23,25). The Hall–Kier alpha value is -1.95. The summed E-state index contributed by atoms with van der Waals surface area (Å²) in [5, 5.41) is 0.502. The molecule has 2 saturated carbocycles. The smallest absolute Gasteiger partial charge is 0.252 e. The Morgan fingerprint density at radius 2 is 1.61 bits per heavy atom. The molecule has 5 nitrogen and oxygen atoms in total. The summed E-state index contributed by atoms with van der Waals surface area (Å²) in [4.78, 5) is 41.7. The molecule has 3 aliphatic carbocycles. The van der Waals surface area contributed by atoms with Crippen molar-refractivity contribution in [3.63, 3.8) is 0 Å². The van der Waals surface area contributed by atoms with Crippen molar-refractivity contribution >= 4 is 34.1 Å². The number of carbonyl (C=O) groups excluding carboxylic acids is 3. The zero-order chi connectivity index (χ0) is 19.7. The Morgan fingerprint density at radius 1 is 1.00 bits per heavy atom. The molecule has 1 saturated heterocycles. The summed E-state index contributed by atoms with van der Waals surface area (Å²) in [5.41, 5.74) is 9.76. The Kier molecular flexibility index (Phi) is 4.06. The van der Waals surface area contributed by atoms with Crippen molar-refractivity contribution in [3.8, 4) is 0 Å². The first-order valence-electron chi connectivity index (χ1n) is 10.4. The molecule has 0 spiro atoms. The highest BCUT2D eigenvalue weighted by Crippen LogP contribution is 2.61. The third kappa shape index (κ3) is 2.27. The van der Waals surface area contributed by atoms with E-state index in [0.29, 0.717) is 10.6 Å². The maximum Gasteiger partial charge on any atom is 0.252 e. The summed E-state index contributed by atoms with van der Waals surface area (Å²) < 4.78 is 0. The number of aryl methyl sites for hydroxylation is 1. The molecule has 148 valence electrons. The molecule has 0 aromatic carbocycles. The van der Waals surface area contributed by atoms with Crippen LogP contribution in [0, 0.1) is 23.7 Å². The van der Waals surface area contributed by atoms with Crippen molar-refractivity contribution in [1.29, 1.82) is 0 Å². The molecule has 6 heteroatoms. The van der Waals surface area contributed by atoms with Crippen LogP contribution in [0.1, 0.15) is 66.8 Å². The molecule has 2 N–H and O–H groups in total. The third-order valence-corrected chi connectivity index (χ3v) is 8.56. The van der Waals surface area contributed by atoms with E-state index in [0.717, 1.165) is 55.4 Å². The lowest BCUT2D eigenvalue weighted by molar-refractivity contribution is -0.122. The van der Waals surface area contributed by atoms with Crippen LogP contribution in [0.3, 0.4) is 0 Å². The van der Waals surface area contributed by atoms with Crippen molar-refractivity contribution in [2.45, 2.75) is 58.8 Å². The molecule has 2 bridgehead atoms. The quantitative estimate of drug-likeness (QED) is 0.470. The molecule has 1 aliphatic heterocycles. The second-order valence-electron chi connectivity index (χ2n) is 8.92. The van der Waals surface area contributed by atoms with E-state index in [1.165, 1.54) is 27.4 Å². The van der Waals surface area contributed by atoms with Gasteiger partial charge in [0.1, 0.15) is 5.00 Å². The first-order valence-corrected chi connectivity index (χ1v) is 11.2. The number of imide groups is 1. The monoisotopic (exact) mass is 398 g/mol. The minimum atomic E-state index is -0.514. The molecule has 4 atom stereocenters. The number of fused-ring (bicyclic) bond motifs is 6. The summed E-state index contributed by atoms with van der Waals surface area (Å²) in [6.45, 7) is 4.19. The number of primary amides is 1. The Labute approximate surface area is 169 Å². The van der Waals surface area contributed by atoms with Crippen LogP contribution in [-0.2, 0) is 22.4 Å². The van der Waals surface area contributed by atoms with Gasteiger partial charge in [0.05, 0.1) is 17.4 Å². The van der Waals surface area contributed by atoms with E-state index in [9.17, 15) is 14.4 Å². The van der Waals surface area contributed by atoms with Crippen LogP contribution in [0.4, 0.5) is 5.00 Å². The minimum Gasteiger partial charge on any atom is -0.365 e. The second kappa shape index (κ2) is 6.28. The van der Waals surface area contributed by atoms with Crippen molar-refractivity contribution in [2.24, 2.45) is 29.4 Å². The molecule has 3 amide bonds. The van der Waals surface area contributed by atoms with Gasteiger partial charge in [0.2, 0.25) is 11.8 Å². The van der Waals surface area contributed by atoms with Gasteiger partial charge in [-0.05, 0) is 69.8 Å². The number of nitrogens with zero attached hydrogens (tertiary/aromatic N) is 1. The minimum absolute atomic E-state index is 0.111. The number of anilines is 1. The van der Waals surface area contributed by atoms with Gasteiger partial charge in [-0.3, -0.25) is 14.4 Å². The first-order chi connectivity index (χ1) is 13.4. The lowest BCUT2D eigenvalue weighted by atomic mass is 9.81. The van der Waals surface area contributed by atoms with Crippen LogP contribution in [0.2, 0.25) is 0 Å². The number of rotatable bonds is 2. The molecule has 4 aliphatic rings. The molecule has 28 heavy (non-hydrogen) atoms. The highest BCUT2D eigenvalue weighted by Gasteiger charge is 2.64. The Bertz CT molecular complexity index is 908. The highest BCUT2D eigenvalue weighted by atomic mass is 32.1. The molecule has 3 fully saturated rings. The van der Waals surface area contributed by atoms with Gasteiger partial charge < -0.3 is 5.73 Å². The fourth-order valence-corrected chi connectivity index (χ4v) is 7.74. The second-order valence-corrected chi connectivity index (χ2v) is 10.0. The maximum atomic E-state index is 13.4. The van der Waals surface area contributed by atoms with Gasteiger partial charge in [-0.15, -0.1) is 11.3 Å². The highest BCUT2D eigenvalue weighted by molar-refractivity contribution is 7.17. The fourth-order valence-electron chi connectivity index (χ4n) is 6.33. The van der Waals surface area contributed by atoms with Crippen molar-refractivity contribution in [3.05, 3.63) is 27.2 Å². The zero-order valence-electron chi connectivity index (χ0n) is 16.4. The predicted octanol–water partition coefficient (Wildman–Crippen LogP) is 3.60. The molecule has 0 radical (unpaired) electrons. The van der Waals surface area contributed by atoms with E-state index in [4.69, 9.17) is 5.73 Å². The van der Waals surface area contributed by atoms with Crippen LogP contribution in [0.25, 0.3) is 0 Å². The van der Waals surface area contributed by atoms with Crippen LogP contribution in [-0.4, -0.2) is 17.7 Å². The van der Waals surface area contributed by atoms with Gasteiger partial charge in [-0.25, -0.2) is 4.90 Å². The molecule has 4 unspecified atom stereocenters. The van der Waals surface area contributed by atoms with E-state index in [1.807, 2.05) is 0 Å². The molecule has 1 aromatic heterocycles. The number of amides is 3. The molecular weight excluding hydrogens is 372 g/mol. The number of allylic oxidation sites excluding steroid dienone is 2. The average molecular weight is 399 g/mol. The van der Waals surface area contributed by atoms with Crippen LogP contribution in [0.15, 0.2) is 11.1 Å². The molecule has 2 heterocycles. The number of hydrogen-bond donors (Lipinski definition) is 1. The number of hydrogen-bond acceptors (Lipinski definition) is 4. The first kappa shape index (κ1) is 18.1. The van der Waals surface area contributed by atoms with Gasteiger partial charge in [-0.1, -0.05) is 17.6 Å². The lowest BCUT2D eigenvalue weighted by Gasteiger charge is -2.19. The summed E-state index contributed by atoms with van der Waals surface area (Å²) in [6, 6.07) is 0. The lowest BCUT2D eigenvalue weighted by Crippen LogP contribution is -2.34. The van der Waals surface area contributed by atoms with Crippen LogP contribution in [0.5, 0.6) is 0 Å². The van der Waals surface area contributed by atoms with E-state index in [2.05, 4.69) is 13.8 Å². The molecular formula is C22H26N2O3S. The SMILES string of the molecule is CC(C)=C1C2CCC1C1C(=O)N(c3sc4c(c3C(N)=O)CCCCC4)C(=O)C21. The zero-order valence-corrected chi connectivity index (χ0v) is 17.2. The average Bonchev–Trinajstić information content (AvgIpc) is 3.32. The van der Waals surface area contributed by atoms with Crippen LogP contribution < -0.4 is 10.6 Å². The summed E-state index contributed by atoms with van der Waals surface area (Å²) in [6.07, 6.45) is 6.91. The topological polar surface area (TPSA) is 80.5 Å². The Morgan fingerprint density at radius 3 is 2.18 bits per heavy atom. The predicted molar refractivity (Wildman–Crippen MR) is 108 cm³/mol. The van der Waals surface area contributed by atoms with Gasteiger partial charge in [0.25, 0.3) is 5.91 Å². The van der Waals surface area contributed by atoms with Crippen molar-refractivity contribution in [1.82, 2.24) is 0 Å². The van der Waals surface area contributed by atoms with Crippen molar-refractivity contribution in [2.75, 3.05) is 4.90 Å². The number of nitrogens with two attached hydrogens (primary N) is 1. The van der Waals surface area contributed by atoms with E-state index < -0.39 is 5.91 Å². The van der Waals surface area contributed by atoms with Gasteiger partial charge in [0.15, 0.2) is 0 Å². The number of thiophene rings is 1. The summed E-state index contributed by atoms with van der Waals surface area (Å²) in [7, 11) is 0. The fraction of sp³-hybridized carbons (Fsp3) is 0.591. The Balaban J connectivity index is 1.60. The summed E-state index contributed by atoms with van der Waals surface area (Å²) >= 11 is 1.45. The molecule has 1 aromatic rings. The third-order valence-electron chi connectivity index (χ3n) is 7.28. The van der Waals surface area contributed by atoms with Gasteiger partial charge in [-0.2, -0.15) is 0 Å². The van der Waals surface area contributed by atoms with E-state index in [1.54, 1.807) is 0 Å². The van der Waals surface area contributed by atoms with Crippen LogP contribution >= 0.6 is 11.3 Å². The van der Waals surface area contributed by atoms with Gasteiger partial charge in [0, 0.05) is 4.88 Å². The van der Waals surface area contributed by atoms with Crippen molar-refractivity contribution < 1.29 is 14.4 Å². The maximum absolute atomic E-state index is 13.4. The largest absolute Gasteiger partial charge is 0.365 e. The van der Waals surface area contributed by atoms with Gasteiger partial charge >= 0.3 is 0 Å². The van der Waals surface area contributed by atoms with E-state index in [-0.39, 0.29) is 35.5 Å². The molecule has 5 rings (SSSR count). The normalized spacial score (nSPS) is 31.2. The van der Waals surface area contributed by atoms with E-state index >= 15 is 0 Å². The summed E-state index contributed by atoms with van der Waals surface area (Å²) in [5.74, 6) is -0.857.